The van der Waals surface area contributed by atoms with Crippen molar-refractivity contribution in [3.63, 3.8) is 0 Å². The van der Waals surface area contributed by atoms with Crippen LogP contribution in [-0.4, -0.2) is 59.8 Å². The Morgan fingerprint density at radius 3 is 2.54 bits per heavy atom. The first-order chi connectivity index (χ1) is 18.9. The fourth-order valence-electron chi connectivity index (χ4n) is 4.44. The number of halogens is 2. The van der Waals surface area contributed by atoms with Crippen LogP contribution < -0.4 is 10.1 Å². The van der Waals surface area contributed by atoms with Gasteiger partial charge in [0.05, 0.1) is 17.1 Å². The van der Waals surface area contributed by atoms with Crippen molar-refractivity contribution in [2.75, 3.05) is 33.8 Å². The number of hydrogen-bond donors (Lipinski definition) is 2. The Morgan fingerprint density at radius 2 is 1.82 bits per heavy atom. The SMILES string of the molecule is CC/C(=C(/c1ccc(OCCNCCCC(=O)N(C)C)cc1)c1ccc2n[nH]c(F)c2c1)c1ccncc1F. The van der Waals surface area contributed by atoms with Gasteiger partial charge >= 0.3 is 0 Å². The Morgan fingerprint density at radius 1 is 1.05 bits per heavy atom. The molecule has 0 radical (unpaired) electrons. The van der Waals surface area contributed by atoms with Crippen molar-refractivity contribution in [2.45, 2.75) is 26.2 Å². The van der Waals surface area contributed by atoms with E-state index in [1.807, 2.05) is 37.3 Å². The molecule has 0 aliphatic heterocycles. The summed E-state index contributed by atoms with van der Waals surface area (Å²) < 4.78 is 35.1. The number of hydrogen-bond acceptors (Lipinski definition) is 5. The van der Waals surface area contributed by atoms with E-state index < -0.39 is 11.8 Å². The van der Waals surface area contributed by atoms with Gasteiger partial charge in [-0.2, -0.15) is 9.49 Å². The van der Waals surface area contributed by atoms with Crippen molar-refractivity contribution in [2.24, 2.45) is 0 Å². The molecule has 1 amide bonds. The number of rotatable bonds is 12. The third kappa shape index (κ3) is 6.86. The molecule has 39 heavy (non-hydrogen) atoms. The number of pyridine rings is 1. The predicted octanol–water partition coefficient (Wildman–Crippen LogP) is 5.44. The van der Waals surface area contributed by atoms with E-state index in [0.29, 0.717) is 48.2 Å². The number of nitrogens with one attached hydrogen (secondary N) is 2. The number of aromatic amines is 1. The minimum Gasteiger partial charge on any atom is -0.492 e. The predicted molar refractivity (Wildman–Crippen MR) is 149 cm³/mol. The van der Waals surface area contributed by atoms with E-state index in [1.54, 1.807) is 43.4 Å². The van der Waals surface area contributed by atoms with Crippen molar-refractivity contribution in [1.82, 2.24) is 25.4 Å². The molecule has 4 aromatic rings. The maximum absolute atomic E-state index is 14.9. The Bertz CT molecular complexity index is 1450. The lowest BCUT2D eigenvalue weighted by Crippen LogP contribution is -2.25. The molecule has 2 N–H and O–H groups in total. The van der Waals surface area contributed by atoms with Gasteiger partial charge in [0.1, 0.15) is 18.2 Å². The molecule has 2 heterocycles. The van der Waals surface area contributed by atoms with Gasteiger partial charge in [0.2, 0.25) is 11.9 Å². The Labute approximate surface area is 226 Å². The second-order valence-electron chi connectivity index (χ2n) is 9.35. The van der Waals surface area contributed by atoms with Gasteiger partial charge in [0.15, 0.2) is 0 Å². The van der Waals surface area contributed by atoms with E-state index in [2.05, 4.69) is 20.5 Å². The summed E-state index contributed by atoms with van der Waals surface area (Å²) in [6.45, 7) is 3.83. The van der Waals surface area contributed by atoms with Gasteiger partial charge in [0, 0.05) is 38.8 Å². The monoisotopic (exact) mass is 533 g/mol. The summed E-state index contributed by atoms with van der Waals surface area (Å²) in [5.74, 6) is -0.108. The highest BCUT2D eigenvalue weighted by Gasteiger charge is 2.17. The molecule has 0 bridgehead atoms. The van der Waals surface area contributed by atoms with Crippen LogP contribution >= 0.6 is 0 Å². The number of nitrogens with zero attached hydrogens (tertiary/aromatic N) is 3. The minimum absolute atomic E-state index is 0.120. The third-order valence-electron chi connectivity index (χ3n) is 6.48. The maximum atomic E-state index is 14.9. The van der Waals surface area contributed by atoms with Gasteiger partial charge in [-0.05, 0) is 72.0 Å². The highest BCUT2D eigenvalue weighted by molar-refractivity contribution is 6.00. The fraction of sp³-hybridized carbons (Fsp3) is 0.300. The number of benzene rings is 2. The number of carbonyl (C=O) groups excluding carboxylic acids is 1. The summed E-state index contributed by atoms with van der Waals surface area (Å²) >= 11 is 0. The van der Waals surface area contributed by atoms with Gasteiger partial charge in [-0.1, -0.05) is 25.1 Å². The lowest BCUT2D eigenvalue weighted by molar-refractivity contribution is -0.128. The van der Waals surface area contributed by atoms with Crippen LogP contribution in [0, 0.1) is 11.8 Å². The number of aromatic nitrogens is 3. The molecule has 9 heteroatoms. The molecular formula is C30H33F2N5O2. The van der Waals surface area contributed by atoms with Crippen LogP contribution in [0.1, 0.15) is 42.9 Å². The summed E-state index contributed by atoms with van der Waals surface area (Å²) in [4.78, 5) is 17.1. The van der Waals surface area contributed by atoms with Crippen LogP contribution in [0.5, 0.6) is 5.75 Å². The number of carbonyl (C=O) groups is 1. The zero-order chi connectivity index (χ0) is 27.8. The third-order valence-corrected chi connectivity index (χ3v) is 6.48. The second kappa shape index (κ2) is 13.1. The Balaban J connectivity index is 1.53. The lowest BCUT2D eigenvalue weighted by Gasteiger charge is -2.17. The highest BCUT2D eigenvalue weighted by atomic mass is 19.1. The first kappa shape index (κ1) is 27.9. The second-order valence-corrected chi connectivity index (χ2v) is 9.35. The van der Waals surface area contributed by atoms with Crippen molar-refractivity contribution >= 4 is 28.0 Å². The van der Waals surface area contributed by atoms with Crippen LogP contribution in [0.2, 0.25) is 0 Å². The molecule has 0 atom stereocenters. The summed E-state index contributed by atoms with van der Waals surface area (Å²) in [6.07, 6.45) is 4.60. The van der Waals surface area contributed by atoms with Crippen LogP contribution in [-0.2, 0) is 4.79 Å². The topological polar surface area (TPSA) is 83.1 Å². The van der Waals surface area contributed by atoms with E-state index in [4.69, 9.17) is 4.74 Å². The first-order valence-electron chi connectivity index (χ1n) is 13.0. The summed E-state index contributed by atoms with van der Waals surface area (Å²) in [5.41, 5.74) is 4.15. The van der Waals surface area contributed by atoms with E-state index in [1.165, 1.54) is 6.20 Å². The number of H-pyrrole nitrogens is 1. The molecule has 0 spiro atoms. The molecule has 2 aromatic heterocycles. The van der Waals surface area contributed by atoms with E-state index in [0.717, 1.165) is 35.2 Å². The molecule has 0 aliphatic carbocycles. The molecule has 204 valence electrons. The van der Waals surface area contributed by atoms with E-state index in [-0.39, 0.29) is 5.91 Å². The number of allylic oxidation sites excluding steroid dienone is 1. The van der Waals surface area contributed by atoms with Crippen LogP contribution in [0.4, 0.5) is 8.78 Å². The molecule has 2 aromatic carbocycles. The zero-order valence-corrected chi connectivity index (χ0v) is 22.4. The van der Waals surface area contributed by atoms with Gasteiger partial charge in [0.25, 0.3) is 0 Å². The molecule has 0 fully saturated rings. The average Bonchev–Trinajstić information content (AvgIpc) is 3.31. The quantitative estimate of drug-likeness (QED) is 0.237. The number of amides is 1. The lowest BCUT2D eigenvalue weighted by atomic mass is 9.88. The smallest absolute Gasteiger partial charge is 0.222 e. The fourth-order valence-corrected chi connectivity index (χ4v) is 4.44. The van der Waals surface area contributed by atoms with Crippen molar-refractivity contribution in [3.05, 3.63) is 89.4 Å². The molecular weight excluding hydrogens is 500 g/mol. The summed E-state index contributed by atoms with van der Waals surface area (Å²) in [6, 6.07) is 14.6. The minimum atomic E-state index is -0.513. The number of fused-ring (bicyclic) bond motifs is 1. The van der Waals surface area contributed by atoms with Crippen LogP contribution in [0.3, 0.4) is 0 Å². The van der Waals surface area contributed by atoms with E-state index in [9.17, 15) is 13.6 Å². The molecule has 0 saturated carbocycles. The molecule has 0 aliphatic rings. The average molecular weight is 534 g/mol. The Kier molecular flexibility index (Phi) is 9.38. The Hall–Kier alpha value is -4.11. The van der Waals surface area contributed by atoms with E-state index >= 15 is 0 Å². The molecule has 0 saturated heterocycles. The normalized spacial score (nSPS) is 11.9. The van der Waals surface area contributed by atoms with Crippen LogP contribution in [0.15, 0.2) is 60.9 Å². The molecule has 7 nitrogen and oxygen atoms in total. The summed E-state index contributed by atoms with van der Waals surface area (Å²) in [7, 11) is 3.51. The van der Waals surface area contributed by atoms with Gasteiger partial charge < -0.3 is 15.0 Å². The standard InChI is InChI=1S/C30H33F2N5O2/c1-4-23(24-13-15-34-19-26(24)31)29(21-9-12-27-25(18-21)30(32)36-35-27)20-7-10-22(11-8-20)39-17-16-33-14-5-6-28(38)37(2)3/h7-13,15,18-19,33H,4-6,14,16-17H2,1-3H3,(H,35,36)/b29-23+. The first-order valence-corrected chi connectivity index (χ1v) is 13.0. The molecule has 4 rings (SSSR count). The van der Waals surface area contributed by atoms with Crippen molar-refractivity contribution in [3.8, 4) is 5.75 Å². The summed E-state index contributed by atoms with van der Waals surface area (Å²) in [5, 5.41) is 10.0. The number of ether oxygens (including phenoxy) is 1. The van der Waals surface area contributed by atoms with Gasteiger partial charge in [-0.25, -0.2) is 4.39 Å². The van der Waals surface area contributed by atoms with Crippen molar-refractivity contribution in [1.29, 1.82) is 0 Å². The van der Waals surface area contributed by atoms with Gasteiger partial charge in [-0.15, -0.1) is 0 Å². The largest absolute Gasteiger partial charge is 0.492 e. The maximum Gasteiger partial charge on any atom is 0.222 e. The highest BCUT2D eigenvalue weighted by Crippen LogP contribution is 2.37. The van der Waals surface area contributed by atoms with Crippen molar-refractivity contribution < 1.29 is 18.3 Å². The molecule has 0 unspecified atom stereocenters. The zero-order valence-electron chi connectivity index (χ0n) is 22.4. The van der Waals surface area contributed by atoms with Gasteiger partial charge in [-0.3, -0.25) is 14.9 Å². The van der Waals surface area contributed by atoms with Crippen LogP contribution in [0.25, 0.3) is 22.0 Å².